The van der Waals surface area contributed by atoms with Crippen LogP contribution in [0.4, 0.5) is 8.78 Å². The summed E-state index contributed by atoms with van der Waals surface area (Å²) in [6, 6.07) is 2.37. The molecule has 0 fully saturated rings. The monoisotopic (exact) mass is 288 g/mol. The lowest BCUT2D eigenvalue weighted by Gasteiger charge is -2.12. The maximum Gasteiger partial charge on any atom is 0.173 e. The second-order valence-electron chi connectivity index (χ2n) is 3.25. The van der Waals surface area contributed by atoms with Gasteiger partial charge >= 0.3 is 0 Å². The van der Waals surface area contributed by atoms with Crippen molar-refractivity contribution in [3.05, 3.63) is 33.8 Å². The first kappa shape index (κ1) is 13.1. The normalized spacial score (nSPS) is 11.8. The van der Waals surface area contributed by atoms with Gasteiger partial charge in [0.25, 0.3) is 0 Å². The summed E-state index contributed by atoms with van der Waals surface area (Å²) >= 11 is 2.93. The summed E-state index contributed by atoms with van der Waals surface area (Å²) in [5.74, 6) is 3.60. The van der Waals surface area contributed by atoms with Crippen LogP contribution in [0.1, 0.15) is 31.4 Å². The molecular formula is C12H11BrF2O. The maximum absolute atomic E-state index is 13.2. The third-order valence-electron chi connectivity index (χ3n) is 2.14. The van der Waals surface area contributed by atoms with E-state index in [1.165, 1.54) is 6.07 Å². The predicted molar refractivity (Wildman–Crippen MR) is 61.7 cm³/mol. The number of aliphatic hydroxyl groups excluding tert-OH is 1. The van der Waals surface area contributed by atoms with E-state index < -0.39 is 17.7 Å². The summed E-state index contributed by atoms with van der Waals surface area (Å²) in [5, 5.41) is 9.76. The van der Waals surface area contributed by atoms with Crippen molar-refractivity contribution in [3.63, 3.8) is 0 Å². The summed E-state index contributed by atoms with van der Waals surface area (Å²) in [6.07, 6.45) is 0.0680. The molecule has 1 nitrogen and oxygen atoms in total. The third kappa shape index (κ3) is 3.03. The van der Waals surface area contributed by atoms with Gasteiger partial charge < -0.3 is 5.11 Å². The lowest BCUT2D eigenvalue weighted by Crippen LogP contribution is -2.01. The number of benzene rings is 1. The van der Waals surface area contributed by atoms with E-state index in [0.717, 1.165) is 6.07 Å². The van der Waals surface area contributed by atoms with Crippen molar-refractivity contribution >= 4 is 15.9 Å². The molecule has 1 aromatic carbocycles. The van der Waals surface area contributed by atoms with Gasteiger partial charge in [-0.3, -0.25) is 0 Å². The van der Waals surface area contributed by atoms with E-state index >= 15 is 0 Å². The molecule has 1 aromatic rings. The van der Waals surface area contributed by atoms with Crippen molar-refractivity contribution in [2.45, 2.75) is 25.9 Å². The van der Waals surface area contributed by atoms with E-state index in [1.54, 1.807) is 6.92 Å². The molecule has 86 valence electrons. The molecule has 0 saturated carbocycles. The second kappa shape index (κ2) is 5.97. The van der Waals surface area contributed by atoms with Gasteiger partial charge in [0.15, 0.2) is 11.6 Å². The molecule has 0 aliphatic heterocycles. The number of hydrogen-bond acceptors (Lipinski definition) is 1. The van der Waals surface area contributed by atoms with Gasteiger partial charge in [0.1, 0.15) is 0 Å². The van der Waals surface area contributed by atoms with E-state index in [2.05, 4.69) is 27.8 Å². The minimum Gasteiger partial charge on any atom is -0.388 e. The minimum atomic E-state index is -0.974. The van der Waals surface area contributed by atoms with Gasteiger partial charge in [-0.05, 0) is 40.9 Å². The molecule has 0 radical (unpaired) electrons. The quantitative estimate of drug-likeness (QED) is 0.666. The van der Waals surface area contributed by atoms with Gasteiger partial charge in [-0.25, -0.2) is 8.78 Å². The SMILES string of the molecule is CC#CCCC(O)c1ccc(F)c(F)c1Br. The Kier molecular flexibility index (Phi) is 4.91. The average Bonchev–Trinajstić information content (AvgIpc) is 2.26. The van der Waals surface area contributed by atoms with Crippen LogP contribution in [0.15, 0.2) is 16.6 Å². The highest BCUT2D eigenvalue weighted by Crippen LogP contribution is 2.29. The van der Waals surface area contributed by atoms with Gasteiger partial charge in [-0.1, -0.05) is 6.07 Å². The van der Waals surface area contributed by atoms with Crippen LogP contribution in [0.5, 0.6) is 0 Å². The lowest BCUT2D eigenvalue weighted by atomic mass is 10.0. The van der Waals surface area contributed by atoms with E-state index in [4.69, 9.17) is 0 Å². The molecule has 1 rings (SSSR count). The molecule has 0 heterocycles. The van der Waals surface area contributed by atoms with Crippen LogP contribution in [0, 0.1) is 23.5 Å². The summed E-state index contributed by atoms with van der Waals surface area (Å²) in [4.78, 5) is 0. The molecule has 1 atom stereocenters. The van der Waals surface area contributed by atoms with Crippen molar-refractivity contribution < 1.29 is 13.9 Å². The molecule has 0 saturated heterocycles. The summed E-state index contributed by atoms with van der Waals surface area (Å²) in [5.41, 5.74) is 0.344. The number of hydrogen-bond donors (Lipinski definition) is 1. The Morgan fingerprint density at radius 1 is 1.44 bits per heavy atom. The first-order valence-electron chi connectivity index (χ1n) is 4.79. The zero-order chi connectivity index (χ0) is 12.1. The third-order valence-corrected chi connectivity index (χ3v) is 2.95. The van der Waals surface area contributed by atoms with Crippen LogP contribution in [0.25, 0.3) is 0 Å². The van der Waals surface area contributed by atoms with Crippen LogP contribution in [-0.4, -0.2) is 5.11 Å². The molecule has 0 aliphatic carbocycles. The Hall–Kier alpha value is -0.920. The Bertz CT molecular complexity index is 435. The topological polar surface area (TPSA) is 20.2 Å². The van der Waals surface area contributed by atoms with Gasteiger partial charge in [-0.2, -0.15) is 0 Å². The fourth-order valence-corrected chi connectivity index (χ4v) is 1.87. The summed E-state index contributed by atoms with van der Waals surface area (Å²) < 4.78 is 26.0. The standard InChI is InChI=1S/C12H11BrF2O/c1-2-3-4-5-10(16)8-6-7-9(14)12(15)11(8)13/h6-7,10,16H,4-5H2,1H3. The average molecular weight is 289 g/mol. The Labute approximate surface area is 102 Å². The highest BCUT2D eigenvalue weighted by Gasteiger charge is 2.16. The minimum absolute atomic E-state index is 0.0237. The first-order valence-corrected chi connectivity index (χ1v) is 5.58. The largest absolute Gasteiger partial charge is 0.388 e. The van der Waals surface area contributed by atoms with E-state index in [9.17, 15) is 13.9 Å². The molecule has 1 unspecified atom stereocenters. The zero-order valence-corrected chi connectivity index (χ0v) is 10.3. The van der Waals surface area contributed by atoms with E-state index in [1.807, 2.05) is 0 Å². The molecule has 1 N–H and O–H groups in total. The zero-order valence-electron chi connectivity index (χ0n) is 8.73. The Morgan fingerprint density at radius 3 is 2.75 bits per heavy atom. The molecule has 0 amide bonds. The number of rotatable bonds is 3. The summed E-state index contributed by atoms with van der Waals surface area (Å²) in [7, 11) is 0. The van der Waals surface area contributed by atoms with Gasteiger partial charge in [0.2, 0.25) is 0 Å². The molecule has 0 bridgehead atoms. The van der Waals surface area contributed by atoms with Crippen LogP contribution in [-0.2, 0) is 0 Å². The second-order valence-corrected chi connectivity index (χ2v) is 4.04. The molecule has 16 heavy (non-hydrogen) atoms. The molecule has 4 heteroatoms. The Morgan fingerprint density at radius 2 is 2.12 bits per heavy atom. The van der Waals surface area contributed by atoms with Gasteiger partial charge in [0.05, 0.1) is 10.6 Å². The van der Waals surface area contributed by atoms with Crippen molar-refractivity contribution in [1.82, 2.24) is 0 Å². The van der Waals surface area contributed by atoms with Crippen molar-refractivity contribution in [2.75, 3.05) is 0 Å². The molecule has 0 spiro atoms. The smallest absolute Gasteiger partial charge is 0.173 e. The lowest BCUT2D eigenvalue weighted by molar-refractivity contribution is 0.168. The van der Waals surface area contributed by atoms with Crippen LogP contribution < -0.4 is 0 Å². The van der Waals surface area contributed by atoms with Gasteiger partial charge in [0, 0.05) is 6.42 Å². The van der Waals surface area contributed by atoms with Gasteiger partial charge in [-0.15, -0.1) is 11.8 Å². The molecule has 0 aromatic heterocycles. The highest BCUT2D eigenvalue weighted by molar-refractivity contribution is 9.10. The fraction of sp³-hybridized carbons (Fsp3) is 0.333. The van der Waals surface area contributed by atoms with Crippen LogP contribution in [0.2, 0.25) is 0 Å². The number of aliphatic hydroxyl groups is 1. The fourth-order valence-electron chi connectivity index (χ4n) is 1.29. The molecule has 0 aliphatic rings. The van der Waals surface area contributed by atoms with Crippen LogP contribution >= 0.6 is 15.9 Å². The predicted octanol–water partition coefficient (Wildman–Crippen LogP) is 3.56. The van der Waals surface area contributed by atoms with E-state index in [-0.39, 0.29) is 4.47 Å². The van der Waals surface area contributed by atoms with Crippen molar-refractivity contribution in [3.8, 4) is 11.8 Å². The van der Waals surface area contributed by atoms with Crippen molar-refractivity contribution in [1.29, 1.82) is 0 Å². The summed E-state index contributed by atoms with van der Waals surface area (Å²) in [6.45, 7) is 1.71. The molecular weight excluding hydrogens is 278 g/mol. The number of halogens is 3. The van der Waals surface area contributed by atoms with Crippen molar-refractivity contribution in [2.24, 2.45) is 0 Å². The van der Waals surface area contributed by atoms with Crippen LogP contribution in [0.3, 0.4) is 0 Å². The Balaban J connectivity index is 2.86. The first-order chi connectivity index (χ1) is 7.57. The van der Waals surface area contributed by atoms with E-state index in [0.29, 0.717) is 18.4 Å². The highest BCUT2D eigenvalue weighted by atomic mass is 79.9. The maximum atomic E-state index is 13.2.